The van der Waals surface area contributed by atoms with Gasteiger partial charge in [0.05, 0.1) is 13.2 Å². The minimum absolute atomic E-state index is 0.0780. The van der Waals surface area contributed by atoms with Gasteiger partial charge in [-0.05, 0) is 49.7 Å². The molecule has 124 valence electrons. The average Bonchev–Trinajstić information content (AvgIpc) is 2.83. The maximum Gasteiger partial charge on any atom is 0.242 e. The summed E-state index contributed by atoms with van der Waals surface area (Å²) in [4.78, 5) is 15.7. The van der Waals surface area contributed by atoms with Crippen molar-refractivity contribution >= 4 is 17.5 Å². The van der Waals surface area contributed by atoms with Crippen molar-refractivity contribution in [2.24, 2.45) is 0 Å². The van der Waals surface area contributed by atoms with E-state index in [1.807, 2.05) is 31.2 Å². The molecule has 8 heteroatoms. The fraction of sp³-hybridized carbons (Fsp3) is 0.400. The summed E-state index contributed by atoms with van der Waals surface area (Å²) in [6.45, 7) is 5.14. The number of aryl methyl sites for hydroxylation is 1. The van der Waals surface area contributed by atoms with Crippen molar-refractivity contribution in [3.05, 3.63) is 35.4 Å². The van der Waals surface area contributed by atoms with Gasteiger partial charge in [0.1, 0.15) is 30.5 Å². The Kier molecular flexibility index (Phi) is 6.22. The number of hydrogen-bond acceptors (Lipinski definition) is 5. The van der Waals surface area contributed by atoms with Crippen molar-refractivity contribution in [2.75, 3.05) is 19.8 Å². The van der Waals surface area contributed by atoms with Crippen LogP contribution in [0, 0.1) is 6.92 Å². The number of rotatable bonds is 8. The molecule has 0 atom stereocenters. The monoisotopic (exact) mass is 338 g/mol. The highest BCUT2D eigenvalue weighted by Gasteiger charge is 2.08. The van der Waals surface area contributed by atoms with Gasteiger partial charge in [0.2, 0.25) is 11.2 Å². The number of ether oxygens (including phenoxy) is 2. The molecule has 0 aliphatic carbocycles. The van der Waals surface area contributed by atoms with E-state index < -0.39 is 0 Å². The van der Waals surface area contributed by atoms with E-state index in [2.05, 4.69) is 15.4 Å². The summed E-state index contributed by atoms with van der Waals surface area (Å²) in [6, 6.07) is 7.34. The first-order valence-electron chi connectivity index (χ1n) is 7.27. The van der Waals surface area contributed by atoms with Crippen LogP contribution in [0.1, 0.15) is 12.7 Å². The average molecular weight is 339 g/mol. The van der Waals surface area contributed by atoms with Gasteiger partial charge in [-0.25, -0.2) is 9.67 Å². The molecule has 0 fully saturated rings. The second-order valence-corrected chi connectivity index (χ2v) is 5.03. The summed E-state index contributed by atoms with van der Waals surface area (Å²) >= 11 is 5.67. The van der Waals surface area contributed by atoms with Gasteiger partial charge in [-0.3, -0.25) is 4.79 Å². The van der Waals surface area contributed by atoms with E-state index in [0.717, 1.165) is 11.5 Å². The molecule has 2 aromatic rings. The minimum Gasteiger partial charge on any atom is -0.494 e. The predicted molar refractivity (Wildman–Crippen MR) is 85.9 cm³/mol. The molecule has 1 amide bonds. The lowest BCUT2D eigenvalue weighted by atomic mass is 10.3. The highest BCUT2D eigenvalue weighted by atomic mass is 35.5. The Balaban J connectivity index is 1.68. The van der Waals surface area contributed by atoms with E-state index in [1.54, 1.807) is 6.92 Å². The summed E-state index contributed by atoms with van der Waals surface area (Å²) in [5.41, 5.74) is 0. The van der Waals surface area contributed by atoms with Crippen molar-refractivity contribution in [2.45, 2.75) is 20.4 Å². The van der Waals surface area contributed by atoms with Crippen LogP contribution in [0.3, 0.4) is 0 Å². The number of hydrogen-bond donors (Lipinski definition) is 1. The quantitative estimate of drug-likeness (QED) is 0.743. The first-order valence-corrected chi connectivity index (χ1v) is 7.65. The lowest BCUT2D eigenvalue weighted by molar-refractivity contribution is -0.122. The normalized spacial score (nSPS) is 10.4. The van der Waals surface area contributed by atoms with Crippen LogP contribution in [0.15, 0.2) is 24.3 Å². The highest BCUT2D eigenvalue weighted by Crippen LogP contribution is 2.17. The molecule has 1 aromatic heterocycles. The molecular formula is C15H19ClN4O3. The molecule has 7 nitrogen and oxygen atoms in total. The largest absolute Gasteiger partial charge is 0.494 e. The van der Waals surface area contributed by atoms with Crippen LogP contribution in [0.25, 0.3) is 0 Å². The Hall–Kier alpha value is -2.28. The molecular weight excluding hydrogens is 320 g/mol. The van der Waals surface area contributed by atoms with Crippen molar-refractivity contribution in [1.82, 2.24) is 20.1 Å². The van der Waals surface area contributed by atoms with E-state index in [1.165, 1.54) is 4.68 Å². The Morgan fingerprint density at radius 3 is 2.48 bits per heavy atom. The van der Waals surface area contributed by atoms with Crippen molar-refractivity contribution < 1.29 is 14.3 Å². The highest BCUT2D eigenvalue weighted by molar-refractivity contribution is 6.28. The zero-order valence-electron chi connectivity index (χ0n) is 13.1. The molecule has 0 bridgehead atoms. The molecule has 0 saturated heterocycles. The summed E-state index contributed by atoms with van der Waals surface area (Å²) < 4.78 is 12.3. The second kappa shape index (κ2) is 8.38. The van der Waals surface area contributed by atoms with Gasteiger partial charge in [-0.15, -0.1) is 5.10 Å². The third kappa shape index (κ3) is 5.45. The number of aromatic nitrogens is 3. The Bertz CT molecular complexity index is 643. The zero-order valence-corrected chi connectivity index (χ0v) is 13.8. The van der Waals surface area contributed by atoms with Gasteiger partial charge >= 0.3 is 0 Å². The Morgan fingerprint density at radius 1 is 1.26 bits per heavy atom. The van der Waals surface area contributed by atoms with E-state index in [0.29, 0.717) is 25.6 Å². The van der Waals surface area contributed by atoms with E-state index in [-0.39, 0.29) is 17.7 Å². The summed E-state index contributed by atoms with van der Waals surface area (Å²) in [5, 5.41) is 6.80. The van der Waals surface area contributed by atoms with Gasteiger partial charge in [0.25, 0.3) is 0 Å². The van der Waals surface area contributed by atoms with Crippen LogP contribution in [0.2, 0.25) is 5.28 Å². The number of amides is 1. The maximum atomic E-state index is 11.8. The van der Waals surface area contributed by atoms with Crippen LogP contribution >= 0.6 is 11.6 Å². The molecule has 0 unspecified atom stereocenters. The number of nitrogens with one attached hydrogen (secondary N) is 1. The van der Waals surface area contributed by atoms with Crippen LogP contribution in [0.5, 0.6) is 11.5 Å². The number of carbonyl (C=O) groups excluding carboxylic acids is 1. The van der Waals surface area contributed by atoms with Crippen LogP contribution in [-0.2, 0) is 11.3 Å². The molecule has 0 spiro atoms. The molecule has 23 heavy (non-hydrogen) atoms. The fourth-order valence-corrected chi connectivity index (χ4v) is 2.10. The molecule has 0 aliphatic rings. The van der Waals surface area contributed by atoms with Gasteiger partial charge in [0, 0.05) is 0 Å². The number of carbonyl (C=O) groups is 1. The minimum atomic E-state index is -0.176. The van der Waals surface area contributed by atoms with Gasteiger partial charge in [-0.2, -0.15) is 0 Å². The van der Waals surface area contributed by atoms with Crippen molar-refractivity contribution in [3.8, 4) is 11.5 Å². The van der Waals surface area contributed by atoms with Gasteiger partial charge in [0.15, 0.2) is 0 Å². The molecule has 0 radical (unpaired) electrons. The summed E-state index contributed by atoms with van der Waals surface area (Å²) in [6.07, 6.45) is 0. The smallest absolute Gasteiger partial charge is 0.242 e. The lowest BCUT2D eigenvalue weighted by Crippen LogP contribution is -2.31. The maximum absolute atomic E-state index is 11.8. The fourth-order valence-electron chi connectivity index (χ4n) is 1.89. The predicted octanol–water partition coefficient (Wildman–Crippen LogP) is 1.83. The van der Waals surface area contributed by atoms with E-state index in [4.69, 9.17) is 21.1 Å². The van der Waals surface area contributed by atoms with E-state index >= 15 is 0 Å². The Labute approximate surface area is 139 Å². The van der Waals surface area contributed by atoms with Crippen molar-refractivity contribution in [1.29, 1.82) is 0 Å². The SMILES string of the molecule is CCOc1ccc(OCCNC(=O)Cn2nc(Cl)nc2C)cc1. The zero-order chi connectivity index (χ0) is 16.7. The van der Waals surface area contributed by atoms with Gasteiger partial charge < -0.3 is 14.8 Å². The summed E-state index contributed by atoms with van der Waals surface area (Å²) in [7, 11) is 0. The Morgan fingerprint density at radius 2 is 1.91 bits per heavy atom. The molecule has 0 aliphatic heterocycles. The first-order chi connectivity index (χ1) is 11.1. The number of benzene rings is 1. The third-order valence-electron chi connectivity index (χ3n) is 2.95. The van der Waals surface area contributed by atoms with Crippen LogP contribution < -0.4 is 14.8 Å². The third-order valence-corrected chi connectivity index (χ3v) is 3.11. The number of nitrogens with zero attached hydrogens (tertiary/aromatic N) is 3. The molecule has 2 rings (SSSR count). The summed E-state index contributed by atoms with van der Waals surface area (Å²) in [5.74, 6) is 1.94. The van der Waals surface area contributed by atoms with Crippen LogP contribution in [-0.4, -0.2) is 40.4 Å². The lowest BCUT2D eigenvalue weighted by Gasteiger charge is -2.09. The molecule has 1 heterocycles. The second-order valence-electron chi connectivity index (χ2n) is 4.69. The topological polar surface area (TPSA) is 78.3 Å². The van der Waals surface area contributed by atoms with Gasteiger partial charge in [-0.1, -0.05) is 0 Å². The van der Waals surface area contributed by atoms with Crippen molar-refractivity contribution in [3.63, 3.8) is 0 Å². The molecule has 1 aromatic carbocycles. The first kappa shape index (κ1) is 17.1. The molecule has 0 saturated carbocycles. The standard InChI is InChI=1S/C15H19ClN4O3/c1-3-22-12-4-6-13(7-5-12)23-9-8-17-14(21)10-20-11(2)18-15(16)19-20/h4-7H,3,8-10H2,1-2H3,(H,17,21). The molecule has 1 N–H and O–H groups in total. The van der Waals surface area contributed by atoms with E-state index in [9.17, 15) is 4.79 Å². The van der Waals surface area contributed by atoms with Crippen LogP contribution in [0.4, 0.5) is 0 Å². The number of halogens is 1.